The van der Waals surface area contributed by atoms with Crippen molar-refractivity contribution in [3.05, 3.63) is 65.7 Å². The van der Waals surface area contributed by atoms with Crippen molar-refractivity contribution in [2.24, 2.45) is 0 Å². The zero-order valence-corrected chi connectivity index (χ0v) is 25.6. The van der Waals surface area contributed by atoms with Gasteiger partial charge in [-0.15, -0.1) is 0 Å². The van der Waals surface area contributed by atoms with Crippen molar-refractivity contribution in [3.63, 3.8) is 0 Å². The first-order chi connectivity index (χ1) is 18.9. The molecule has 0 spiro atoms. The normalized spacial score (nSPS) is 13.2. The Morgan fingerprint density at radius 2 is 1.41 bits per heavy atom. The molecule has 2 unspecified atom stereocenters. The molecule has 218 valence electrons. The number of likely N-dealkylation sites (N-methyl/N-ethyl adjacent to an activating group) is 1. The zero-order valence-electron chi connectivity index (χ0n) is 25.6. The van der Waals surface area contributed by atoms with E-state index in [4.69, 9.17) is 9.47 Å². The summed E-state index contributed by atoms with van der Waals surface area (Å²) in [4.78, 5) is 13.0. The topological polar surface area (TPSA) is 35.5 Å². The predicted molar refractivity (Wildman–Crippen MR) is 164 cm³/mol. The standard InChI is InChI=1S/C35H56NO3/c1-6-8-9-10-11-12-13-14-15-17-21-31-24-20-25-33(28-31)39-30(3)26-27-38-35(37)34(7-2)36(4,5)29-32-22-18-16-19-23-32/h16,18-20,22-25,28,30,34H,6-15,17,21,26-27,29H2,1-5H3/q+1. The van der Waals surface area contributed by atoms with E-state index in [1.807, 2.05) is 24.3 Å². The molecule has 0 aliphatic rings. The third-order valence-electron chi connectivity index (χ3n) is 7.76. The molecule has 2 aromatic rings. The Hall–Kier alpha value is -2.33. The highest BCUT2D eigenvalue weighted by Gasteiger charge is 2.35. The van der Waals surface area contributed by atoms with Crippen molar-refractivity contribution in [2.75, 3.05) is 20.7 Å². The molecule has 2 rings (SSSR count). The lowest BCUT2D eigenvalue weighted by Gasteiger charge is -2.36. The van der Waals surface area contributed by atoms with Crippen LogP contribution in [0.1, 0.15) is 109 Å². The lowest BCUT2D eigenvalue weighted by Crippen LogP contribution is -2.52. The van der Waals surface area contributed by atoms with Crippen LogP contribution in [0.15, 0.2) is 54.6 Å². The number of esters is 1. The molecule has 0 aliphatic heterocycles. The van der Waals surface area contributed by atoms with Gasteiger partial charge < -0.3 is 14.0 Å². The molecule has 0 aromatic heterocycles. The summed E-state index contributed by atoms with van der Waals surface area (Å²) < 4.78 is 12.5. The van der Waals surface area contributed by atoms with Gasteiger partial charge in [-0.1, -0.05) is 114 Å². The first-order valence-corrected chi connectivity index (χ1v) is 15.6. The number of aryl methyl sites for hydroxylation is 1. The number of benzene rings is 2. The maximum Gasteiger partial charge on any atom is 0.364 e. The van der Waals surface area contributed by atoms with E-state index >= 15 is 0 Å². The number of unbranched alkanes of at least 4 members (excludes halogenated alkanes) is 9. The highest BCUT2D eigenvalue weighted by Crippen LogP contribution is 2.20. The molecule has 0 amide bonds. The molecule has 0 fully saturated rings. The van der Waals surface area contributed by atoms with Crippen LogP contribution >= 0.6 is 0 Å². The summed E-state index contributed by atoms with van der Waals surface area (Å²) in [6.07, 6.45) is 16.1. The molecule has 0 N–H and O–H groups in total. The number of quaternary nitrogens is 1. The first-order valence-electron chi connectivity index (χ1n) is 15.6. The number of hydrogen-bond donors (Lipinski definition) is 0. The van der Waals surface area contributed by atoms with Crippen molar-refractivity contribution in [3.8, 4) is 5.75 Å². The lowest BCUT2D eigenvalue weighted by molar-refractivity contribution is -0.919. The monoisotopic (exact) mass is 538 g/mol. The van der Waals surface area contributed by atoms with Crippen LogP contribution in [0, 0.1) is 0 Å². The van der Waals surface area contributed by atoms with Gasteiger partial charge in [-0.3, -0.25) is 0 Å². The molecule has 0 bridgehead atoms. The van der Waals surface area contributed by atoms with Crippen LogP contribution < -0.4 is 4.74 Å². The Bertz CT molecular complexity index is 911. The van der Waals surface area contributed by atoms with Gasteiger partial charge in [0.1, 0.15) is 12.3 Å². The highest BCUT2D eigenvalue weighted by atomic mass is 16.5. The van der Waals surface area contributed by atoms with E-state index < -0.39 is 0 Å². The Labute approximate surface area is 239 Å². The highest BCUT2D eigenvalue weighted by molar-refractivity contribution is 5.74. The molecule has 2 aromatic carbocycles. The van der Waals surface area contributed by atoms with Gasteiger partial charge >= 0.3 is 5.97 Å². The first kappa shape index (κ1) is 32.9. The van der Waals surface area contributed by atoms with Crippen molar-refractivity contribution >= 4 is 5.97 Å². The SMILES string of the molecule is CCCCCCCCCCCCc1cccc(OC(C)CCOC(=O)C(CC)[N+](C)(C)Cc2ccccc2)c1. The van der Waals surface area contributed by atoms with E-state index in [1.165, 1.54) is 75.3 Å². The van der Waals surface area contributed by atoms with E-state index in [1.54, 1.807) is 0 Å². The maximum absolute atomic E-state index is 13.0. The van der Waals surface area contributed by atoms with Gasteiger partial charge in [0.25, 0.3) is 0 Å². The van der Waals surface area contributed by atoms with Gasteiger partial charge in [0.15, 0.2) is 6.04 Å². The van der Waals surface area contributed by atoms with Gasteiger partial charge in [0, 0.05) is 18.4 Å². The predicted octanol–water partition coefficient (Wildman–Crippen LogP) is 8.91. The van der Waals surface area contributed by atoms with Crippen LogP contribution in [0.2, 0.25) is 0 Å². The van der Waals surface area contributed by atoms with Gasteiger partial charge in [0.05, 0.1) is 26.8 Å². The summed E-state index contributed by atoms with van der Waals surface area (Å²) in [6, 6.07) is 18.6. The van der Waals surface area contributed by atoms with E-state index in [0.717, 1.165) is 25.1 Å². The summed E-state index contributed by atoms with van der Waals surface area (Å²) in [6.45, 7) is 7.56. The summed E-state index contributed by atoms with van der Waals surface area (Å²) in [5.74, 6) is 0.787. The largest absolute Gasteiger partial charge is 0.491 e. The number of nitrogens with zero attached hydrogens (tertiary/aromatic N) is 1. The zero-order chi connectivity index (χ0) is 28.3. The van der Waals surface area contributed by atoms with Crippen LogP contribution in [-0.2, 0) is 22.5 Å². The van der Waals surface area contributed by atoms with Crippen molar-refractivity contribution in [2.45, 2.75) is 123 Å². The molecule has 4 heteroatoms. The fourth-order valence-corrected chi connectivity index (χ4v) is 5.41. The Kier molecular flexibility index (Phi) is 15.9. The molecule has 0 saturated carbocycles. The van der Waals surface area contributed by atoms with Gasteiger partial charge in [0.2, 0.25) is 0 Å². The molecule has 2 atom stereocenters. The van der Waals surface area contributed by atoms with Crippen molar-refractivity contribution in [1.29, 1.82) is 0 Å². The summed E-state index contributed by atoms with van der Waals surface area (Å²) >= 11 is 0. The molecule has 0 heterocycles. The van der Waals surface area contributed by atoms with E-state index in [0.29, 0.717) is 17.5 Å². The van der Waals surface area contributed by atoms with Gasteiger partial charge in [-0.2, -0.15) is 0 Å². The molecule has 0 radical (unpaired) electrons. The number of ether oxygens (including phenoxy) is 2. The fourth-order valence-electron chi connectivity index (χ4n) is 5.41. The van der Waals surface area contributed by atoms with E-state index in [9.17, 15) is 4.79 Å². The Morgan fingerprint density at radius 1 is 0.795 bits per heavy atom. The minimum atomic E-state index is -0.191. The van der Waals surface area contributed by atoms with Gasteiger partial charge in [-0.05, 0) is 37.5 Å². The smallest absolute Gasteiger partial charge is 0.364 e. The minimum Gasteiger partial charge on any atom is -0.491 e. The van der Waals surface area contributed by atoms with Gasteiger partial charge in [-0.25, -0.2) is 4.79 Å². The number of carbonyl (C=O) groups is 1. The summed E-state index contributed by atoms with van der Waals surface area (Å²) in [5, 5.41) is 0. The van der Waals surface area contributed by atoms with Crippen molar-refractivity contribution in [1.82, 2.24) is 0 Å². The molecular formula is C35H56NO3+. The molecule has 4 nitrogen and oxygen atoms in total. The van der Waals surface area contributed by atoms with E-state index in [2.05, 4.69) is 65.2 Å². The number of rotatable bonds is 21. The Morgan fingerprint density at radius 3 is 2.05 bits per heavy atom. The molecule has 0 saturated heterocycles. The quantitative estimate of drug-likeness (QED) is 0.0904. The summed E-state index contributed by atoms with van der Waals surface area (Å²) in [7, 11) is 4.22. The maximum atomic E-state index is 13.0. The van der Waals surface area contributed by atoms with Crippen LogP contribution in [0.5, 0.6) is 5.75 Å². The van der Waals surface area contributed by atoms with Crippen LogP contribution in [0.3, 0.4) is 0 Å². The fraction of sp³-hybridized carbons (Fsp3) is 0.629. The Balaban J connectivity index is 1.66. The second-order valence-corrected chi connectivity index (χ2v) is 11.8. The molecule has 0 aliphatic carbocycles. The lowest BCUT2D eigenvalue weighted by atomic mass is 10.0. The molecular weight excluding hydrogens is 482 g/mol. The van der Waals surface area contributed by atoms with Crippen LogP contribution in [-0.4, -0.2) is 43.3 Å². The molecule has 39 heavy (non-hydrogen) atoms. The number of carbonyl (C=O) groups excluding carboxylic acids is 1. The second-order valence-electron chi connectivity index (χ2n) is 11.8. The third-order valence-corrected chi connectivity index (χ3v) is 7.76. The summed E-state index contributed by atoms with van der Waals surface area (Å²) in [5.41, 5.74) is 2.57. The van der Waals surface area contributed by atoms with Crippen LogP contribution in [0.4, 0.5) is 0 Å². The van der Waals surface area contributed by atoms with Crippen molar-refractivity contribution < 1.29 is 18.8 Å². The average Bonchev–Trinajstić information content (AvgIpc) is 2.90. The average molecular weight is 539 g/mol. The minimum absolute atomic E-state index is 0.0164. The number of hydrogen-bond acceptors (Lipinski definition) is 3. The van der Waals surface area contributed by atoms with Crippen LogP contribution in [0.25, 0.3) is 0 Å². The third kappa shape index (κ3) is 13.5. The second kappa shape index (κ2) is 18.9. The van der Waals surface area contributed by atoms with E-state index in [-0.39, 0.29) is 18.1 Å².